The third-order valence-electron chi connectivity index (χ3n) is 5.99. The van der Waals surface area contributed by atoms with E-state index in [1.54, 1.807) is 20.4 Å². The van der Waals surface area contributed by atoms with E-state index in [1.807, 2.05) is 79.7 Å². The molecule has 172 valence electrons. The van der Waals surface area contributed by atoms with Crippen LogP contribution >= 0.6 is 0 Å². The van der Waals surface area contributed by atoms with E-state index < -0.39 is 0 Å². The number of aryl methyl sites for hydroxylation is 1. The van der Waals surface area contributed by atoms with Gasteiger partial charge >= 0.3 is 0 Å². The summed E-state index contributed by atoms with van der Waals surface area (Å²) in [6.07, 6.45) is 1.75. The van der Waals surface area contributed by atoms with Crippen LogP contribution in [0.3, 0.4) is 0 Å². The van der Waals surface area contributed by atoms with Crippen LogP contribution in [0.15, 0.2) is 82.2 Å². The van der Waals surface area contributed by atoms with Crippen molar-refractivity contribution in [2.45, 2.75) is 6.92 Å². The van der Waals surface area contributed by atoms with Crippen molar-refractivity contribution in [3.63, 3.8) is 0 Å². The normalized spacial score (nSPS) is 11.1. The molecular weight excluding hydrogens is 438 g/mol. The summed E-state index contributed by atoms with van der Waals surface area (Å²) >= 11 is 0. The molecule has 6 nitrogen and oxygen atoms in total. The van der Waals surface area contributed by atoms with Crippen LogP contribution < -0.4 is 9.47 Å². The molecule has 35 heavy (non-hydrogen) atoms. The van der Waals surface area contributed by atoms with Gasteiger partial charge in [0.1, 0.15) is 28.9 Å². The van der Waals surface area contributed by atoms with E-state index in [-0.39, 0.29) is 5.88 Å². The van der Waals surface area contributed by atoms with Gasteiger partial charge in [-0.05, 0) is 55.0 Å². The second-order valence-electron chi connectivity index (χ2n) is 8.02. The summed E-state index contributed by atoms with van der Waals surface area (Å²) in [4.78, 5) is 8.02. The number of methoxy groups -OCH3 is 2. The molecule has 2 aromatic heterocycles. The van der Waals surface area contributed by atoms with Crippen molar-refractivity contribution in [3.8, 4) is 40.0 Å². The number of aromatic amines is 1. The van der Waals surface area contributed by atoms with Crippen molar-refractivity contribution in [2.24, 2.45) is 4.99 Å². The maximum Gasteiger partial charge on any atom is 0.238 e. The first kappa shape index (κ1) is 22.1. The third-order valence-corrected chi connectivity index (χ3v) is 5.99. The van der Waals surface area contributed by atoms with Gasteiger partial charge in [0, 0.05) is 39.5 Å². The Morgan fingerprint density at radius 2 is 1.51 bits per heavy atom. The first-order valence-electron chi connectivity index (χ1n) is 11.1. The van der Waals surface area contributed by atoms with Crippen LogP contribution in [0.5, 0.6) is 11.5 Å². The molecule has 0 aliphatic carbocycles. The lowest BCUT2D eigenvalue weighted by Crippen LogP contribution is -1.87. The lowest BCUT2D eigenvalue weighted by molar-refractivity contribution is 0.414. The Labute approximate surface area is 203 Å². The highest BCUT2D eigenvalue weighted by Gasteiger charge is 2.23. The van der Waals surface area contributed by atoms with Crippen LogP contribution in [0.1, 0.15) is 16.8 Å². The van der Waals surface area contributed by atoms with E-state index in [0.717, 1.165) is 44.8 Å². The molecule has 1 N–H and O–H groups in total. The Hall–Kier alpha value is -4.76. The topological polar surface area (TPSA) is 83.5 Å². The first-order chi connectivity index (χ1) is 17.1. The highest BCUT2D eigenvalue weighted by Crippen LogP contribution is 2.43. The van der Waals surface area contributed by atoms with Crippen LogP contribution in [0.25, 0.3) is 33.4 Å². The number of aliphatic imine (C=N–C) groups is 1. The molecule has 0 radical (unpaired) electrons. The quantitative estimate of drug-likeness (QED) is 0.275. The molecule has 5 rings (SSSR count). The van der Waals surface area contributed by atoms with Gasteiger partial charge in [-0.1, -0.05) is 30.3 Å². The number of nitrogens with one attached hydrogen (secondary N) is 1. The molecule has 0 amide bonds. The molecule has 0 fully saturated rings. The molecule has 0 aliphatic rings. The second-order valence-corrected chi connectivity index (χ2v) is 8.02. The monoisotopic (exact) mass is 461 g/mol. The molecule has 0 aliphatic heterocycles. The van der Waals surface area contributed by atoms with Crippen molar-refractivity contribution >= 4 is 23.0 Å². The summed E-state index contributed by atoms with van der Waals surface area (Å²) in [5.74, 6) is 2.29. The smallest absolute Gasteiger partial charge is 0.238 e. The minimum absolute atomic E-state index is 0.258. The molecule has 0 spiro atoms. The maximum absolute atomic E-state index is 10.2. The number of furan rings is 1. The van der Waals surface area contributed by atoms with Gasteiger partial charge in [-0.15, -0.1) is 0 Å². The number of fused-ring (bicyclic) bond motifs is 1. The highest BCUT2D eigenvalue weighted by atomic mass is 16.5. The number of rotatable bonds is 6. The largest absolute Gasteiger partial charge is 0.497 e. The predicted molar refractivity (Wildman–Crippen MR) is 138 cm³/mol. The summed E-state index contributed by atoms with van der Waals surface area (Å²) in [5.41, 5.74) is 5.69. The molecule has 0 unspecified atom stereocenters. The lowest BCUT2D eigenvalue weighted by Gasteiger charge is -2.06. The molecule has 2 heterocycles. The molecule has 6 heteroatoms. The number of hydrogen-bond donors (Lipinski definition) is 1. The molecule has 0 atom stereocenters. The zero-order valence-corrected chi connectivity index (χ0v) is 19.6. The van der Waals surface area contributed by atoms with Crippen LogP contribution in [0.2, 0.25) is 0 Å². The van der Waals surface area contributed by atoms with E-state index >= 15 is 0 Å². The summed E-state index contributed by atoms with van der Waals surface area (Å²) in [6.45, 7) is 2.00. The van der Waals surface area contributed by atoms with Crippen molar-refractivity contribution in [1.29, 1.82) is 5.26 Å². The van der Waals surface area contributed by atoms with Gasteiger partial charge in [0.25, 0.3) is 0 Å². The Kier molecular flexibility index (Phi) is 5.82. The highest BCUT2D eigenvalue weighted by molar-refractivity contribution is 6.01. The third kappa shape index (κ3) is 4.04. The fourth-order valence-corrected chi connectivity index (χ4v) is 4.18. The summed E-state index contributed by atoms with van der Waals surface area (Å²) in [5, 5.41) is 11.2. The Morgan fingerprint density at radius 3 is 2.14 bits per heavy atom. The number of ether oxygens (including phenoxy) is 2. The number of benzene rings is 3. The maximum atomic E-state index is 10.2. The van der Waals surface area contributed by atoms with Crippen LogP contribution in [-0.4, -0.2) is 25.4 Å². The molecule has 5 aromatic rings. The summed E-state index contributed by atoms with van der Waals surface area (Å²) in [7, 11) is 3.24. The molecular formula is C29H23N3O3. The Balaban J connectivity index is 1.67. The lowest BCUT2D eigenvalue weighted by atomic mass is 9.98. The predicted octanol–water partition coefficient (Wildman–Crippen LogP) is 7.04. The zero-order chi connectivity index (χ0) is 24.4. The second kappa shape index (κ2) is 9.24. The van der Waals surface area contributed by atoms with E-state index in [1.165, 1.54) is 0 Å². The van der Waals surface area contributed by atoms with Crippen LogP contribution in [0, 0.1) is 18.3 Å². The van der Waals surface area contributed by atoms with Crippen molar-refractivity contribution < 1.29 is 13.9 Å². The standard InChI is InChI=1S/C29H23N3O3/c1-18-25(23-6-4-5-7-26(23)32-18)17-31-29-24(16-30)27(19-8-12-21(33-2)13-9-19)28(35-29)20-10-14-22(34-3)15-11-20/h4-15,17,32H,1-3H3. The van der Waals surface area contributed by atoms with Gasteiger partial charge < -0.3 is 18.9 Å². The van der Waals surface area contributed by atoms with Gasteiger partial charge in [0.05, 0.1) is 14.2 Å². The molecule has 0 saturated carbocycles. The van der Waals surface area contributed by atoms with E-state index in [0.29, 0.717) is 16.9 Å². The Morgan fingerprint density at radius 1 is 0.886 bits per heavy atom. The fourth-order valence-electron chi connectivity index (χ4n) is 4.18. The van der Waals surface area contributed by atoms with Crippen LogP contribution in [-0.2, 0) is 0 Å². The summed E-state index contributed by atoms with van der Waals surface area (Å²) < 4.78 is 16.9. The molecule has 0 saturated heterocycles. The van der Waals surface area contributed by atoms with E-state index in [9.17, 15) is 5.26 Å². The zero-order valence-electron chi connectivity index (χ0n) is 19.6. The van der Waals surface area contributed by atoms with Gasteiger partial charge in [-0.3, -0.25) is 0 Å². The van der Waals surface area contributed by atoms with Crippen molar-refractivity contribution in [3.05, 3.63) is 89.6 Å². The van der Waals surface area contributed by atoms with Gasteiger partial charge in [-0.2, -0.15) is 5.26 Å². The van der Waals surface area contributed by atoms with Crippen LogP contribution in [0.4, 0.5) is 5.88 Å². The Bertz CT molecular complexity index is 1570. The number of nitriles is 1. The molecule has 0 bridgehead atoms. The first-order valence-corrected chi connectivity index (χ1v) is 11.1. The summed E-state index contributed by atoms with van der Waals surface area (Å²) in [6, 6.07) is 25.4. The van der Waals surface area contributed by atoms with E-state index in [4.69, 9.17) is 13.9 Å². The number of H-pyrrole nitrogens is 1. The minimum atomic E-state index is 0.258. The van der Waals surface area contributed by atoms with Crippen molar-refractivity contribution in [1.82, 2.24) is 4.98 Å². The van der Waals surface area contributed by atoms with E-state index in [2.05, 4.69) is 16.0 Å². The molecule has 3 aromatic carbocycles. The number of para-hydroxylation sites is 1. The van der Waals surface area contributed by atoms with Gasteiger partial charge in [0.15, 0.2) is 0 Å². The average Bonchev–Trinajstić information content (AvgIpc) is 3.44. The average molecular weight is 462 g/mol. The number of hydrogen-bond acceptors (Lipinski definition) is 5. The minimum Gasteiger partial charge on any atom is -0.497 e. The van der Waals surface area contributed by atoms with Gasteiger partial charge in [0.2, 0.25) is 5.88 Å². The fraction of sp³-hybridized carbons (Fsp3) is 0.103. The SMILES string of the molecule is COc1ccc(-c2oc(N=Cc3c(C)[nH]c4ccccc34)c(C#N)c2-c2ccc(OC)cc2)cc1. The number of nitrogens with zero attached hydrogens (tertiary/aromatic N) is 2. The van der Waals surface area contributed by atoms with Crippen molar-refractivity contribution in [2.75, 3.05) is 14.2 Å². The number of aromatic nitrogens is 1. The van der Waals surface area contributed by atoms with Gasteiger partial charge in [-0.25, -0.2) is 4.99 Å².